The Balaban J connectivity index is 1.61. The van der Waals surface area contributed by atoms with E-state index in [1.807, 2.05) is 12.1 Å². The lowest BCUT2D eigenvalue weighted by molar-refractivity contribution is -0.133. The molecule has 2 heterocycles. The molecule has 0 aromatic heterocycles. The molecule has 27 heavy (non-hydrogen) atoms. The zero-order valence-electron chi connectivity index (χ0n) is 16.9. The van der Waals surface area contributed by atoms with Crippen molar-refractivity contribution in [2.75, 3.05) is 39.3 Å². The van der Waals surface area contributed by atoms with E-state index < -0.39 is 0 Å². The number of piperidine rings is 1. The summed E-state index contributed by atoms with van der Waals surface area (Å²) in [6, 6.07) is 7.26. The number of carbonyl (C=O) groups is 1. The molecule has 0 bridgehead atoms. The van der Waals surface area contributed by atoms with Crippen LogP contribution in [-0.4, -0.2) is 65.9 Å². The summed E-state index contributed by atoms with van der Waals surface area (Å²) in [6.07, 6.45) is 4.61. The summed E-state index contributed by atoms with van der Waals surface area (Å²) in [7, 11) is 0. The van der Waals surface area contributed by atoms with Crippen LogP contribution in [0.4, 0.5) is 4.39 Å². The van der Waals surface area contributed by atoms with Gasteiger partial charge in [-0.05, 0) is 55.8 Å². The number of hydrogen-bond donors (Lipinski definition) is 0. The van der Waals surface area contributed by atoms with E-state index in [0.29, 0.717) is 24.4 Å². The lowest BCUT2D eigenvalue weighted by atomic mass is 10.0. The van der Waals surface area contributed by atoms with Crippen molar-refractivity contribution in [2.45, 2.75) is 52.1 Å². The number of amides is 1. The van der Waals surface area contributed by atoms with Crippen molar-refractivity contribution in [3.05, 3.63) is 35.6 Å². The van der Waals surface area contributed by atoms with Gasteiger partial charge in [0.15, 0.2) is 0 Å². The summed E-state index contributed by atoms with van der Waals surface area (Å²) in [5.74, 6) is 0.623. The first kappa shape index (κ1) is 20.3. The smallest absolute Gasteiger partial charge is 0.236 e. The molecule has 1 amide bonds. The van der Waals surface area contributed by atoms with E-state index in [9.17, 15) is 9.18 Å². The Morgan fingerprint density at radius 2 is 1.74 bits per heavy atom. The molecule has 4 nitrogen and oxygen atoms in total. The molecule has 0 aliphatic carbocycles. The largest absolute Gasteiger partial charge is 0.342 e. The lowest BCUT2D eigenvalue weighted by Crippen LogP contribution is -2.47. The fourth-order valence-corrected chi connectivity index (χ4v) is 4.37. The Morgan fingerprint density at radius 3 is 2.41 bits per heavy atom. The SMILES string of the molecule is CC(C)[C@@H]1CN(CC(=O)N2CCCCC2)CCCN1Cc1ccc(F)cc1. The maximum absolute atomic E-state index is 13.2. The standard InChI is InChI=1S/C22H34FN3O/c1-18(2)21-16-24(17-22(27)25-12-4-3-5-13-25)11-6-14-26(21)15-19-7-9-20(23)10-8-19/h7-10,18,21H,3-6,11-17H2,1-2H3/t21-/m0/s1. The molecule has 0 spiro atoms. The predicted molar refractivity (Wildman–Crippen MR) is 107 cm³/mol. The van der Waals surface area contributed by atoms with Gasteiger partial charge < -0.3 is 4.90 Å². The Morgan fingerprint density at radius 1 is 1.04 bits per heavy atom. The second-order valence-corrected chi connectivity index (χ2v) is 8.44. The van der Waals surface area contributed by atoms with Crippen molar-refractivity contribution in [1.29, 1.82) is 0 Å². The minimum atomic E-state index is -0.183. The highest BCUT2D eigenvalue weighted by Gasteiger charge is 2.29. The molecule has 0 saturated carbocycles. The molecule has 3 rings (SSSR count). The van der Waals surface area contributed by atoms with Crippen molar-refractivity contribution < 1.29 is 9.18 Å². The number of halogens is 1. The second-order valence-electron chi connectivity index (χ2n) is 8.44. The van der Waals surface area contributed by atoms with Gasteiger partial charge in [-0.2, -0.15) is 0 Å². The highest BCUT2D eigenvalue weighted by Crippen LogP contribution is 2.20. The van der Waals surface area contributed by atoms with Crippen molar-refractivity contribution >= 4 is 5.91 Å². The Hall–Kier alpha value is -1.46. The summed E-state index contributed by atoms with van der Waals surface area (Å²) in [5, 5.41) is 0. The number of carbonyl (C=O) groups excluding carboxylic acids is 1. The van der Waals surface area contributed by atoms with Crippen LogP contribution in [-0.2, 0) is 11.3 Å². The van der Waals surface area contributed by atoms with Gasteiger partial charge in [0.25, 0.3) is 0 Å². The van der Waals surface area contributed by atoms with Gasteiger partial charge in [0.1, 0.15) is 5.82 Å². The monoisotopic (exact) mass is 375 g/mol. The molecular weight excluding hydrogens is 341 g/mol. The fraction of sp³-hybridized carbons (Fsp3) is 0.682. The highest BCUT2D eigenvalue weighted by molar-refractivity contribution is 5.78. The van der Waals surface area contributed by atoms with Crippen LogP contribution in [0.3, 0.4) is 0 Å². The van der Waals surface area contributed by atoms with Gasteiger partial charge >= 0.3 is 0 Å². The van der Waals surface area contributed by atoms with E-state index in [-0.39, 0.29) is 5.82 Å². The predicted octanol–water partition coefficient (Wildman–Crippen LogP) is 3.37. The molecule has 0 N–H and O–H groups in total. The number of hydrogen-bond acceptors (Lipinski definition) is 3. The number of rotatable bonds is 5. The Kier molecular flexibility index (Phi) is 7.25. The van der Waals surface area contributed by atoms with Crippen molar-refractivity contribution in [3.8, 4) is 0 Å². The van der Waals surface area contributed by atoms with Gasteiger partial charge in [-0.3, -0.25) is 14.6 Å². The first-order chi connectivity index (χ1) is 13.0. The van der Waals surface area contributed by atoms with Gasteiger partial charge in [-0.1, -0.05) is 26.0 Å². The lowest BCUT2D eigenvalue weighted by Gasteiger charge is -2.35. The molecule has 1 aromatic carbocycles. The molecule has 2 fully saturated rings. The topological polar surface area (TPSA) is 26.8 Å². The molecule has 0 radical (unpaired) electrons. The maximum atomic E-state index is 13.2. The quantitative estimate of drug-likeness (QED) is 0.789. The molecule has 2 aliphatic heterocycles. The molecule has 0 unspecified atom stereocenters. The second kappa shape index (κ2) is 9.65. The Bertz CT molecular complexity index is 598. The van der Waals surface area contributed by atoms with Crippen LogP contribution >= 0.6 is 0 Å². The van der Waals surface area contributed by atoms with Crippen LogP contribution in [0.5, 0.6) is 0 Å². The molecule has 150 valence electrons. The van der Waals surface area contributed by atoms with Crippen LogP contribution in [0.15, 0.2) is 24.3 Å². The summed E-state index contributed by atoms with van der Waals surface area (Å²) < 4.78 is 13.2. The van der Waals surface area contributed by atoms with Crippen molar-refractivity contribution in [3.63, 3.8) is 0 Å². The third-order valence-electron chi connectivity index (χ3n) is 5.97. The molecule has 2 saturated heterocycles. The minimum absolute atomic E-state index is 0.183. The average molecular weight is 376 g/mol. The van der Waals surface area contributed by atoms with Gasteiger partial charge in [-0.25, -0.2) is 4.39 Å². The van der Waals surface area contributed by atoms with E-state index in [2.05, 4.69) is 28.5 Å². The van der Waals surface area contributed by atoms with E-state index in [0.717, 1.165) is 64.1 Å². The molecule has 1 atom stereocenters. The zero-order chi connectivity index (χ0) is 19.2. The zero-order valence-corrected chi connectivity index (χ0v) is 16.9. The van der Waals surface area contributed by atoms with Gasteiger partial charge in [0, 0.05) is 38.8 Å². The first-order valence-corrected chi connectivity index (χ1v) is 10.5. The summed E-state index contributed by atoms with van der Waals surface area (Å²) in [5.41, 5.74) is 1.15. The fourth-order valence-electron chi connectivity index (χ4n) is 4.37. The van der Waals surface area contributed by atoms with Crippen molar-refractivity contribution in [2.24, 2.45) is 5.92 Å². The maximum Gasteiger partial charge on any atom is 0.236 e. The molecule has 1 aromatic rings. The highest BCUT2D eigenvalue weighted by atomic mass is 19.1. The van der Waals surface area contributed by atoms with E-state index >= 15 is 0 Å². The molecule has 2 aliphatic rings. The van der Waals surface area contributed by atoms with Crippen LogP contribution in [0.25, 0.3) is 0 Å². The van der Waals surface area contributed by atoms with Crippen LogP contribution in [0.1, 0.15) is 45.1 Å². The molecule has 5 heteroatoms. The number of benzene rings is 1. The third-order valence-corrected chi connectivity index (χ3v) is 5.97. The van der Waals surface area contributed by atoms with Crippen LogP contribution < -0.4 is 0 Å². The normalized spacial score (nSPS) is 22.8. The first-order valence-electron chi connectivity index (χ1n) is 10.5. The van der Waals surface area contributed by atoms with Crippen LogP contribution in [0, 0.1) is 11.7 Å². The Labute approximate surface area is 163 Å². The van der Waals surface area contributed by atoms with E-state index in [1.54, 1.807) is 12.1 Å². The minimum Gasteiger partial charge on any atom is -0.342 e. The summed E-state index contributed by atoms with van der Waals surface area (Å²) in [4.78, 5) is 19.6. The average Bonchev–Trinajstić information content (AvgIpc) is 2.86. The van der Waals surface area contributed by atoms with Crippen molar-refractivity contribution in [1.82, 2.24) is 14.7 Å². The summed E-state index contributed by atoms with van der Waals surface area (Å²) in [6.45, 7) is 10.7. The number of likely N-dealkylation sites (tertiary alicyclic amines) is 1. The van der Waals surface area contributed by atoms with Gasteiger partial charge in [0.2, 0.25) is 5.91 Å². The number of nitrogens with zero attached hydrogens (tertiary/aromatic N) is 3. The summed E-state index contributed by atoms with van der Waals surface area (Å²) >= 11 is 0. The van der Waals surface area contributed by atoms with Crippen LogP contribution in [0.2, 0.25) is 0 Å². The van der Waals surface area contributed by atoms with E-state index in [1.165, 1.54) is 6.42 Å². The van der Waals surface area contributed by atoms with Gasteiger partial charge in [0.05, 0.1) is 6.54 Å². The van der Waals surface area contributed by atoms with Gasteiger partial charge in [-0.15, -0.1) is 0 Å². The van der Waals surface area contributed by atoms with E-state index in [4.69, 9.17) is 0 Å². The third kappa shape index (κ3) is 5.76. The molecular formula is C22H34FN3O.